The fourth-order valence-corrected chi connectivity index (χ4v) is 3.80. The quantitative estimate of drug-likeness (QED) is 0.721. The topological polar surface area (TPSA) is 95.5 Å². The first-order chi connectivity index (χ1) is 14.6. The van der Waals surface area contributed by atoms with Crippen LogP contribution in [0.15, 0.2) is 47.0 Å². The Hall–Kier alpha value is -3.33. The third-order valence-electron chi connectivity index (χ3n) is 5.06. The molecule has 1 aromatic heterocycles. The number of ether oxygens (including phenoxy) is 1. The first-order valence-electron chi connectivity index (χ1n) is 9.72. The van der Waals surface area contributed by atoms with Crippen molar-refractivity contribution in [1.82, 2.24) is 15.1 Å². The summed E-state index contributed by atoms with van der Waals surface area (Å²) in [6.07, 6.45) is 0.0498. The number of aromatic amines is 1. The van der Waals surface area contributed by atoms with Crippen LogP contribution in [0.2, 0.25) is 0 Å². The van der Waals surface area contributed by atoms with E-state index in [2.05, 4.69) is 10.2 Å². The molecule has 31 heavy (non-hydrogen) atoms. The number of allylic oxidation sites excluding steroid dienone is 3. The lowest BCUT2D eigenvalue weighted by Crippen LogP contribution is -2.44. The summed E-state index contributed by atoms with van der Waals surface area (Å²) in [7, 11) is 0. The van der Waals surface area contributed by atoms with Crippen molar-refractivity contribution in [3.8, 4) is 0 Å². The fraction of sp³-hybridized carbons (Fsp3) is 0.318. The highest BCUT2D eigenvalue weighted by Crippen LogP contribution is 2.47. The molecule has 1 aliphatic carbocycles. The Labute approximate surface area is 176 Å². The second-order valence-electron chi connectivity index (χ2n) is 8.41. The summed E-state index contributed by atoms with van der Waals surface area (Å²) in [6, 6.07) is 4.13. The van der Waals surface area contributed by atoms with Crippen molar-refractivity contribution in [1.29, 1.82) is 0 Å². The summed E-state index contributed by atoms with van der Waals surface area (Å²) in [6.45, 7) is 5.02. The van der Waals surface area contributed by atoms with Gasteiger partial charge in [-0.25, -0.2) is 18.7 Å². The molecule has 1 amide bonds. The molecule has 1 aliphatic heterocycles. The average Bonchev–Trinajstić information content (AvgIpc) is 2.85. The maximum absolute atomic E-state index is 14.5. The highest BCUT2D eigenvalue weighted by molar-refractivity contribution is 5.87. The molecule has 2 atom stereocenters. The standard InChI is InChI=1S/C22H21F2N3O4/c1-22(2,3)31-21(30)27-15-10-13(24)8-9-14-16(15)17(25-26-20(14)29)19(28)18(27)11-4-6-12(23)7-5-11/h4-8,10,18-19,28H,9H2,1-3H3,(H,26,29). The number of nitrogens with zero attached hydrogens (tertiary/aromatic N) is 2. The van der Waals surface area contributed by atoms with Crippen LogP contribution >= 0.6 is 0 Å². The van der Waals surface area contributed by atoms with Gasteiger partial charge < -0.3 is 9.84 Å². The Morgan fingerprint density at radius 3 is 2.58 bits per heavy atom. The minimum absolute atomic E-state index is 0.0396. The molecule has 0 fully saturated rings. The number of carbonyl (C=O) groups excluding carboxylic acids is 1. The summed E-state index contributed by atoms with van der Waals surface area (Å²) < 4.78 is 33.6. The molecule has 2 N–H and O–H groups in total. The number of aliphatic hydroxyl groups excluding tert-OH is 1. The van der Waals surface area contributed by atoms with Gasteiger partial charge in [0, 0.05) is 11.1 Å². The third-order valence-corrected chi connectivity index (χ3v) is 5.06. The van der Waals surface area contributed by atoms with E-state index in [1.807, 2.05) is 0 Å². The van der Waals surface area contributed by atoms with Crippen LogP contribution in [-0.2, 0) is 11.2 Å². The highest BCUT2D eigenvalue weighted by Gasteiger charge is 2.45. The zero-order chi connectivity index (χ0) is 22.5. The molecule has 2 unspecified atom stereocenters. The number of nitrogens with one attached hydrogen (secondary N) is 1. The zero-order valence-corrected chi connectivity index (χ0v) is 17.1. The van der Waals surface area contributed by atoms with E-state index in [0.717, 1.165) is 11.0 Å². The van der Waals surface area contributed by atoms with Crippen LogP contribution in [0, 0.1) is 5.82 Å². The van der Waals surface area contributed by atoms with Gasteiger partial charge in [-0.1, -0.05) is 12.1 Å². The first kappa shape index (κ1) is 20.9. The lowest BCUT2D eigenvalue weighted by Gasteiger charge is -2.41. The number of amides is 1. The van der Waals surface area contributed by atoms with E-state index in [-0.39, 0.29) is 28.9 Å². The van der Waals surface area contributed by atoms with Gasteiger partial charge in [-0.05, 0) is 57.0 Å². The Morgan fingerprint density at radius 1 is 1.26 bits per heavy atom. The maximum atomic E-state index is 14.5. The highest BCUT2D eigenvalue weighted by atomic mass is 19.1. The van der Waals surface area contributed by atoms with Crippen LogP contribution in [0.5, 0.6) is 0 Å². The van der Waals surface area contributed by atoms with Gasteiger partial charge in [-0.3, -0.25) is 9.69 Å². The first-order valence-corrected chi connectivity index (χ1v) is 9.72. The number of halogens is 2. The number of H-pyrrole nitrogens is 1. The minimum atomic E-state index is -1.39. The molecule has 0 saturated carbocycles. The van der Waals surface area contributed by atoms with Gasteiger partial charge in [0.2, 0.25) is 0 Å². The fourth-order valence-electron chi connectivity index (χ4n) is 3.80. The Kier molecular flexibility index (Phi) is 5.01. The van der Waals surface area contributed by atoms with Crippen molar-refractivity contribution < 1.29 is 23.4 Å². The summed E-state index contributed by atoms with van der Waals surface area (Å²) in [4.78, 5) is 26.8. The number of aromatic nitrogens is 2. The van der Waals surface area contributed by atoms with E-state index in [9.17, 15) is 23.5 Å². The van der Waals surface area contributed by atoms with Gasteiger partial charge >= 0.3 is 6.09 Å². The van der Waals surface area contributed by atoms with E-state index in [1.54, 1.807) is 20.8 Å². The van der Waals surface area contributed by atoms with Gasteiger partial charge in [0.15, 0.2) is 0 Å². The van der Waals surface area contributed by atoms with Crippen LogP contribution in [0.25, 0.3) is 5.70 Å². The molecule has 4 rings (SSSR count). The molecule has 0 saturated heterocycles. The second-order valence-corrected chi connectivity index (χ2v) is 8.41. The van der Waals surface area contributed by atoms with E-state index in [1.165, 1.54) is 30.3 Å². The van der Waals surface area contributed by atoms with Crippen molar-refractivity contribution in [2.75, 3.05) is 0 Å². The van der Waals surface area contributed by atoms with E-state index >= 15 is 0 Å². The molecule has 2 aromatic rings. The van der Waals surface area contributed by atoms with Gasteiger partial charge in [0.1, 0.15) is 29.0 Å². The van der Waals surface area contributed by atoms with Gasteiger partial charge in [-0.15, -0.1) is 0 Å². The zero-order valence-electron chi connectivity index (χ0n) is 17.1. The largest absolute Gasteiger partial charge is 0.443 e. The lowest BCUT2D eigenvalue weighted by atomic mass is 9.87. The lowest BCUT2D eigenvalue weighted by molar-refractivity contribution is 0.00635. The molecule has 2 aliphatic rings. The van der Waals surface area contributed by atoms with Crippen molar-refractivity contribution in [3.05, 3.63) is 80.8 Å². The third kappa shape index (κ3) is 3.76. The number of aliphatic hydroxyl groups is 1. The van der Waals surface area contributed by atoms with Crippen LogP contribution < -0.4 is 5.56 Å². The van der Waals surface area contributed by atoms with E-state index in [0.29, 0.717) is 5.56 Å². The molecule has 1 aromatic carbocycles. The van der Waals surface area contributed by atoms with Crippen molar-refractivity contribution >= 4 is 11.8 Å². The molecule has 7 nitrogen and oxygen atoms in total. The Bertz CT molecular complexity index is 1160. The number of benzene rings is 1. The van der Waals surface area contributed by atoms with E-state index < -0.39 is 41.0 Å². The maximum Gasteiger partial charge on any atom is 0.415 e. The summed E-state index contributed by atoms with van der Waals surface area (Å²) in [5.74, 6) is -1.15. The summed E-state index contributed by atoms with van der Waals surface area (Å²) in [5.41, 5.74) is -0.549. The number of rotatable bonds is 1. The smallest absolute Gasteiger partial charge is 0.415 e. The number of carbonyl (C=O) groups is 1. The summed E-state index contributed by atoms with van der Waals surface area (Å²) >= 11 is 0. The van der Waals surface area contributed by atoms with Crippen LogP contribution in [-0.4, -0.2) is 31.9 Å². The minimum Gasteiger partial charge on any atom is -0.443 e. The van der Waals surface area contributed by atoms with Crippen molar-refractivity contribution in [2.24, 2.45) is 0 Å². The molecule has 162 valence electrons. The molecule has 0 bridgehead atoms. The van der Waals surface area contributed by atoms with Gasteiger partial charge in [-0.2, -0.15) is 5.10 Å². The molecular weight excluding hydrogens is 408 g/mol. The Balaban J connectivity index is 1.99. The number of hydrogen-bond acceptors (Lipinski definition) is 5. The molecule has 0 spiro atoms. The monoisotopic (exact) mass is 429 g/mol. The second kappa shape index (κ2) is 7.42. The molecule has 9 heteroatoms. The average molecular weight is 429 g/mol. The van der Waals surface area contributed by atoms with Crippen LogP contribution in [0.4, 0.5) is 13.6 Å². The van der Waals surface area contributed by atoms with Crippen molar-refractivity contribution in [2.45, 2.75) is 44.9 Å². The summed E-state index contributed by atoms with van der Waals surface area (Å²) in [5, 5.41) is 17.5. The van der Waals surface area contributed by atoms with Gasteiger partial charge in [0.25, 0.3) is 5.56 Å². The predicted molar refractivity (Wildman–Crippen MR) is 108 cm³/mol. The van der Waals surface area contributed by atoms with Gasteiger partial charge in [0.05, 0.1) is 11.7 Å². The predicted octanol–water partition coefficient (Wildman–Crippen LogP) is 3.68. The van der Waals surface area contributed by atoms with Crippen LogP contribution in [0.1, 0.15) is 55.3 Å². The van der Waals surface area contributed by atoms with Crippen LogP contribution in [0.3, 0.4) is 0 Å². The SMILES string of the molecule is CC(C)(C)OC(=O)N1C2=CC(F)=CCc3c2c(n[nH]c3=O)C(O)C1c1ccc(F)cc1. The Morgan fingerprint density at radius 2 is 1.94 bits per heavy atom. The molecular formula is C22H21F2N3O4. The number of hydrogen-bond donors (Lipinski definition) is 2. The van der Waals surface area contributed by atoms with E-state index in [4.69, 9.17) is 4.74 Å². The molecule has 2 heterocycles. The van der Waals surface area contributed by atoms with Crippen molar-refractivity contribution in [3.63, 3.8) is 0 Å². The molecule has 0 radical (unpaired) electrons. The normalized spacial score (nSPS) is 20.4.